The Morgan fingerprint density at radius 3 is 2.82 bits per heavy atom. The van der Waals surface area contributed by atoms with Crippen LogP contribution in [0.25, 0.3) is 0 Å². The molecule has 0 spiro atoms. The second kappa shape index (κ2) is 7.22. The number of hydrogen-bond acceptors (Lipinski definition) is 4. The second-order valence-corrected chi connectivity index (χ2v) is 4.47. The van der Waals surface area contributed by atoms with Crippen LogP contribution < -0.4 is 5.32 Å². The van der Waals surface area contributed by atoms with Crippen molar-refractivity contribution in [3.63, 3.8) is 0 Å². The van der Waals surface area contributed by atoms with E-state index in [1.54, 1.807) is 0 Å². The lowest BCUT2D eigenvalue weighted by Gasteiger charge is -2.10. The van der Waals surface area contributed by atoms with Crippen LogP contribution in [0.5, 0.6) is 0 Å². The molecule has 1 aromatic heterocycles. The number of anilines is 1. The number of ether oxygens (including phenoxy) is 1. The van der Waals surface area contributed by atoms with Gasteiger partial charge in [0, 0.05) is 25.4 Å². The van der Waals surface area contributed by atoms with Gasteiger partial charge in [-0.3, -0.25) is 0 Å². The van der Waals surface area contributed by atoms with E-state index in [9.17, 15) is 0 Å². The van der Waals surface area contributed by atoms with Gasteiger partial charge in [-0.1, -0.05) is 20.3 Å². The van der Waals surface area contributed by atoms with Crippen molar-refractivity contribution in [2.45, 2.75) is 40.2 Å². The number of nitrogens with zero attached hydrogens (tertiary/aromatic N) is 2. The third-order valence-corrected chi connectivity index (χ3v) is 2.57. The van der Waals surface area contributed by atoms with E-state index in [4.69, 9.17) is 4.74 Å². The van der Waals surface area contributed by atoms with Crippen molar-refractivity contribution < 1.29 is 4.74 Å². The van der Waals surface area contributed by atoms with Gasteiger partial charge in [-0.2, -0.15) is 0 Å². The number of nitrogens with one attached hydrogen (secondary N) is 1. The lowest BCUT2D eigenvalue weighted by atomic mass is 10.1. The Bertz CT molecular complexity index is 341. The Morgan fingerprint density at radius 2 is 2.18 bits per heavy atom. The van der Waals surface area contributed by atoms with E-state index in [0.29, 0.717) is 12.5 Å². The standard InChI is InChI=1S/C13H23N3O/c1-5-6-10(2)8-17-9-13-15-11(3)7-12(14-4)16-13/h7,10H,5-6,8-9H2,1-4H3,(H,14,15,16). The molecule has 0 aliphatic heterocycles. The molecule has 4 nitrogen and oxygen atoms in total. The molecule has 1 heterocycles. The maximum atomic E-state index is 5.64. The summed E-state index contributed by atoms with van der Waals surface area (Å²) < 4.78 is 5.64. The molecule has 0 aromatic carbocycles. The summed E-state index contributed by atoms with van der Waals surface area (Å²) in [6, 6.07) is 1.92. The summed E-state index contributed by atoms with van der Waals surface area (Å²) >= 11 is 0. The van der Waals surface area contributed by atoms with Crippen LogP contribution in [0.15, 0.2) is 6.07 Å². The molecule has 1 aromatic rings. The number of aromatic nitrogens is 2. The van der Waals surface area contributed by atoms with Gasteiger partial charge in [0.05, 0.1) is 0 Å². The summed E-state index contributed by atoms with van der Waals surface area (Å²) in [4.78, 5) is 8.70. The zero-order valence-corrected chi connectivity index (χ0v) is 11.3. The first kappa shape index (κ1) is 13.9. The Morgan fingerprint density at radius 1 is 1.41 bits per heavy atom. The highest BCUT2D eigenvalue weighted by Crippen LogP contribution is 2.08. The van der Waals surface area contributed by atoms with E-state index in [1.165, 1.54) is 12.8 Å². The number of hydrogen-bond donors (Lipinski definition) is 1. The van der Waals surface area contributed by atoms with Gasteiger partial charge in [0.25, 0.3) is 0 Å². The average Bonchev–Trinajstić information content (AvgIpc) is 2.28. The Kier molecular flexibility index (Phi) is 5.91. The smallest absolute Gasteiger partial charge is 0.156 e. The van der Waals surface area contributed by atoms with E-state index in [-0.39, 0.29) is 0 Å². The van der Waals surface area contributed by atoms with Gasteiger partial charge in [0.2, 0.25) is 0 Å². The van der Waals surface area contributed by atoms with Gasteiger partial charge in [-0.15, -0.1) is 0 Å². The molecule has 0 aliphatic carbocycles. The first-order chi connectivity index (χ1) is 8.15. The summed E-state index contributed by atoms with van der Waals surface area (Å²) in [5.41, 5.74) is 0.963. The Balaban J connectivity index is 2.43. The van der Waals surface area contributed by atoms with Gasteiger partial charge in [-0.05, 0) is 19.3 Å². The molecule has 17 heavy (non-hydrogen) atoms. The minimum absolute atomic E-state index is 0.490. The number of aryl methyl sites for hydroxylation is 1. The van der Waals surface area contributed by atoms with Crippen LogP contribution in [-0.2, 0) is 11.3 Å². The molecule has 0 amide bonds. The van der Waals surface area contributed by atoms with Crippen molar-refractivity contribution in [2.75, 3.05) is 19.0 Å². The van der Waals surface area contributed by atoms with E-state index in [2.05, 4.69) is 29.1 Å². The third-order valence-electron chi connectivity index (χ3n) is 2.57. The zero-order chi connectivity index (χ0) is 12.7. The monoisotopic (exact) mass is 237 g/mol. The summed E-state index contributed by atoms with van der Waals surface area (Å²) in [5.74, 6) is 2.20. The molecule has 1 unspecified atom stereocenters. The zero-order valence-electron chi connectivity index (χ0n) is 11.3. The fraction of sp³-hybridized carbons (Fsp3) is 0.692. The van der Waals surface area contributed by atoms with Crippen LogP contribution in [0, 0.1) is 12.8 Å². The minimum Gasteiger partial charge on any atom is -0.373 e. The minimum atomic E-state index is 0.490. The van der Waals surface area contributed by atoms with E-state index < -0.39 is 0 Å². The molecule has 1 atom stereocenters. The van der Waals surface area contributed by atoms with Crippen molar-refractivity contribution in [3.8, 4) is 0 Å². The lowest BCUT2D eigenvalue weighted by Crippen LogP contribution is -2.08. The highest BCUT2D eigenvalue weighted by Gasteiger charge is 2.04. The predicted molar refractivity (Wildman–Crippen MR) is 70.0 cm³/mol. The Hall–Kier alpha value is -1.16. The van der Waals surface area contributed by atoms with Crippen LogP contribution in [0.4, 0.5) is 5.82 Å². The molecule has 0 bridgehead atoms. The number of rotatable bonds is 7. The van der Waals surface area contributed by atoms with Gasteiger partial charge in [0.1, 0.15) is 12.4 Å². The van der Waals surface area contributed by atoms with Gasteiger partial charge < -0.3 is 10.1 Å². The average molecular weight is 237 g/mol. The van der Waals surface area contributed by atoms with Gasteiger partial charge in [0.15, 0.2) is 5.82 Å². The summed E-state index contributed by atoms with van der Waals surface area (Å²) in [6.45, 7) is 7.63. The quantitative estimate of drug-likeness (QED) is 0.792. The summed E-state index contributed by atoms with van der Waals surface area (Å²) in [6.07, 6.45) is 2.41. The highest BCUT2D eigenvalue weighted by atomic mass is 16.5. The van der Waals surface area contributed by atoms with Crippen LogP contribution in [0.1, 0.15) is 38.2 Å². The van der Waals surface area contributed by atoms with Crippen molar-refractivity contribution in [3.05, 3.63) is 17.6 Å². The maximum absolute atomic E-state index is 5.64. The van der Waals surface area contributed by atoms with Crippen molar-refractivity contribution >= 4 is 5.82 Å². The first-order valence-corrected chi connectivity index (χ1v) is 6.25. The maximum Gasteiger partial charge on any atom is 0.156 e. The highest BCUT2D eigenvalue weighted by molar-refractivity contribution is 5.34. The van der Waals surface area contributed by atoms with Crippen molar-refractivity contribution in [1.29, 1.82) is 0 Å². The third kappa shape index (κ3) is 5.13. The molecule has 1 rings (SSSR count). The second-order valence-electron chi connectivity index (χ2n) is 4.47. The molecule has 0 saturated heterocycles. The summed E-state index contributed by atoms with van der Waals surface area (Å²) in [7, 11) is 1.86. The first-order valence-electron chi connectivity index (χ1n) is 6.25. The van der Waals surface area contributed by atoms with Crippen molar-refractivity contribution in [2.24, 2.45) is 5.92 Å². The molecule has 1 N–H and O–H groups in total. The molecular weight excluding hydrogens is 214 g/mol. The largest absolute Gasteiger partial charge is 0.373 e. The van der Waals surface area contributed by atoms with E-state index >= 15 is 0 Å². The summed E-state index contributed by atoms with van der Waals surface area (Å²) in [5, 5.41) is 3.02. The van der Waals surface area contributed by atoms with Gasteiger partial charge in [-0.25, -0.2) is 9.97 Å². The lowest BCUT2D eigenvalue weighted by molar-refractivity contribution is 0.0848. The SMILES string of the molecule is CCCC(C)COCc1nc(C)cc(NC)n1. The molecule has 96 valence electrons. The van der Waals surface area contributed by atoms with E-state index in [1.807, 2.05) is 20.0 Å². The molecule has 0 radical (unpaired) electrons. The fourth-order valence-corrected chi connectivity index (χ4v) is 1.75. The topological polar surface area (TPSA) is 47.0 Å². The van der Waals surface area contributed by atoms with Crippen molar-refractivity contribution in [1.82, 2.24) is 9.97 Å². The molecule has 0 aliphatic rings. The normalized spacial score (nSPS) is 12.5. The molecule has 4 heteroatoms. The molecule has 0 fully saturated rings. The van der Waals surface area contributed by atoms with E-state index in [0.717, 1.165) is 23.9 Å². The van der Waals surface area contributed by atoms with Crippen LogP contribution >= 0.6 is 0 Å². The molecular formula is C13H23N3O. The Labute approximate surface area is 104 Å². The van der Waals surface area contributed by atoms with Gasteiger partial charge >= 0.3 is 0 Å². The van der Waals surface area contributed by atoms with Crippen LogP contribution in [-0.4, -0.2) is 23.6 Å². The molecule has 0 saturated carbocycles. The fourth-order valence-electron chi connectivity index (χ4n) is 1.75. The van der Waals surface area contributed by atoms with Crippen LogP contribution in [0.3, 0.4) is 0 Å². The predicted octanol–water partition coefficient (Wildman–Crippen LogP) is 2.78. The van der Waals surface area contributed by atoms with Crippen LogP contribution in [0.2, 0.25) is 0 Å².